The molecule has 4 rings (SSSR count). The number of aromatic nitrogens is 2. The SMILES string of the molecule is Cc1cccc(-c2oc(C)nc2C(=O)NC(=N)C=N)c1.NCc1nc(C2(O)CC2)co1. The van der Waals surface area contributed by atoms with Crippen molar-refractivity contribution < 1.29 is 18.7 Å². The average molecular weight is 424 g/mol. The standard InChI is InChI=1S/C14H14N4O2.C7H10N2O2/c1-8-4-3-5-10(6-8)13-12(17-9(2)20-13)14(19)18-11(16)7-15;8-3-6-9-5(4-11-6)7(10)1-2-7/h3-7,15H,1-2H3,(H2,16,18,19);4,10H,1-3,8H2. The topological polar surface area (TPSA) is 175 Å². The Hall–Kier alpha value is -3.63. The average Bonchev–Trinajstić information content (AvgIpc) is 3.17. The molecule has 3 aromatic rings. The highest BCUT2D eigenvalue weighted by Crippen LogP contribution is 2.44. The molecule has 162 valence electrons. The van der Waals surface area contributed by atoms with Gasteiger partial charge < -0.3 is 30.4 Å². The molecule has 0 bridgehead atoms. The van der Waals surface area contributed by atoms with E-state index in [9.17, 15) is 9.90 Å². The number of rotatable bonds is 5. The fourth-order valence-electron chi connectivity index (χ4n) is 2.77. The van der Waals surface area contributed by atoms with Gasteiger partial charge in [-0.05, 0) is 25.8 Å². The van der Waals surface area contributed by atoms with Crippen LogP contribution in [0.2, 0.25) is 0 Å². The summed E-state index contributed by atoms with van der Waals surface area (Å²) in [5.41, 5.74) is 7.11. The number of amidine groups is 1. The third-order valence-electron chi connectivity index (χ3n) is 4.55. The lowest BCUT2D eigenvalue weighted by Crippen LogP contribution is -2.31. The second-order valence-electron chi connectivity index (χ2n) is 7.15. The highest BCUT2D eigenvalue weighted by molar-refractivity contribution is 6.31. The van der Waals surface area contributed by atoms with E-state index < -0.39 is 11.5 Å². The fraction of sp³-hybridized carbons (Fsp3) is 0.286. The van der Waals surface area contributed by atoms with Crippen molar-refractivity contribution in [2.24, 2.45) is 5.73 Å². The molecule has 2 heterocycles. The zero-order chi connectivity index (χ0) is 22.6. The number of benzene rings is 1. The number of nitrogens with zero attached hydrogens (tertiary/aromatic N) is 2. The third kappa shape index (κ3) is 5.30. The molecule has 1 fully saturated rings. The zero-order valence-electron chi connectivity index (χ0n) is 17.2. The normalized spacial score (nSPS) is 13.7. The number of nitrogens with one attached hydrogen (secondary N) is 3. The molecule has 6 N–H and O–H groups in total. The monoisotopic (exact) mass is 424 g/mol. The first-order chi connectivity index (χ1) is 14.8. The first-order valence-corrected chi connectivity index (χ1v) is 9.58. The number of nitrogens with two attached hydrogens (primary N) is 1. The molecular weight excluding hydrogens is 400 g/mol. The third-order valence-corrected chi connectivity index (χ3v) is 4.55. The van der Waals surface area contributed by atoms with Gasteiger partial charge in [-0.2, -0.15) is 0 Å². The van der Waals surface area contributed by atoms with Crippen LogP contribution in [0, 0.1) is 24.7 Å². The van der Waals surface area contributed by atoms with Crippen LogP contribution >= 0.6 is 0 Å². The van der Waals surface area contributed by atoms with Crippen LogP contribution in [-0.2, 0) is 12.1 Å². The van der Waals surface area contributed by atoms with E-state index in [-0.39, 0.29) is 18.1 Å². The summed E-state index contributed by atoms with van der Waals surface area (Å²) in [6.45, 7) is 3.88. The van der Waals surface area contributed by atoms with Gasteiger partial charge in [-0.15, -0.1) is 0 Å². The minimum Gasteiger partial charge on any atom is -0.447 e. The van der Waals surface area contributed by atoms with Gasteiger partial charge in [0.25, 0.3) is 5.91 Å². The lowest BCUT2D eigenvalue weighted by molar-refractivity contribution is 0.0973. The van der Waals surface area contributed by atoms with Gasteiger partial charge in [-0.25, -0.2) is 9.97 Å². The van der Waals surface area contributed by atoms with E-state index in [2.05, 4.69) is 15.3 Å². The van der Waals surface area contributed by atoms with Crippen molar-refractivity contribution >= 4 is 18.0 Å². The fourth-order valence-corrected chi connectivity index (χ4v) is 2.77. The Morgan fingerprint density at radius 2 is 2.10 bits per heavy atom. The van der Waals surface area contributed by atoms with Crippen LogP contribution < -0.4 is 11.1 Å². The van der Waals surface area contributed by atoms with E-state index in [1.54, 1.807) is 6.92 Å². The van der Waals surface area contributed by atoms with E-state index in [1.807, 2.05) is 31.2 Å². The number of oxazole rings is 2. The lowest BCUT2D eigenvalue weighted by Gasteiger charge is -2.03. The predicted octanol–water partition coefficient (Wildman–Crippen LogP) is 2.43. The smallest absolute Gasteiger partial charge is 0.279 e. The summed E-state index contributed by atoms with van der Waals surface area (Å²) in [5, 5.41) is 26.0. The Kier molecular flexibility index (Phi) is 6.42. The molecule has 1 aliphatic rings. The summed E-state index contributed by atoms with van der Waals surface area (Å²) in [6.07, 6.45) is 3.79. The molecule has 10 heteroatoms. The molecule has 1 amide bonds. The molecule has 0 unspecified atom stereocenters. The van der Waals surface area contributed by atoms with Crippen molar-refractivity contribution in [1.29, 1.82) is 10.8 Å². The molecule has 0 radical (unpaired) electrons. The van der Waals surface area contributed by atoms with Crippen LogP contribution in [-0.4, -0.2) is 33.0 Å². The minimum atomic E-state index is -0.698. The molecule has 31 heavy (non-hydrogen) atoms. The molecule has 1 saturated carbocycles. The quantitative estimate of drug-likeness (QED) is 0.308. The Morgan fingerprint density at radius 1 is 1.35 bits per heavy atom. The Morgan fingerprint density at radius 3 is 2.68 bits per heavy atom. The summed E-state index contributed by atoms with van der Waals surface area (Å²) in [4.78, 5) is 20.1. The maximum absolute atomic E-state index is 12.0. The second kappa shape index (κ2) is 9.02. The number of hydrogen-bond acceptors (Lipinski definition) is 9. The van der Waals surface area contributed by atoms with Crippen molar-refractivity contribution in [3.63, 3.8) is 0 Å². The van der Waals surface area contributed by atoms with E-state index in [0.29, 0.717) is 23.2 Å². The van der Waals surface area contributed by atoms with E-state index in [0.717, 1.165) is 30.2 Å². The molecule has 0 saturated heterocycles. The number of aliphatic hydroxyl groups is 1. The van der Waals surface area contributed by atoms with Crippen molar-refractivity contribution in [3.05, 3.63) is 59.3 Å². The van der Waals surface area contributed by atoms with Crippen molar-refractivity contribution in [2.75, 3.05) is 0 Å². The van der Waals surface area contributed by atoms with Crippen molar-refractivity contribution in [3.8, 4) is 11.3 Å². The first-order valence-electron chi connectivity index (χ1n) is 9.58. The predicted molar refractivity (Wildman–Crippen MR) is 113 cm³/mol. The van der Waals surface area contributed by atoms with Crippen LogP contribution in [0.5, 0.6) is 0 Å². The molecule has 10 nitrogen and oxygen atoms in total. The maximum Gasteiger partial charge on any atom is 0.279 e. The summed E-state index contributed by atoms with van der Waals surface area (Å²) >= 11 is 0. The van der Waals surface area contributed by atoms with Gasteiger partial charge in [-0.3, -0.25) is 10.2 Å². The summed E-state index contributed by atoms with van der Waals surface area (Å²) < 4.78 is 10.5. The number of amides is 1. The number of aryl methyl sites for hydroxylation is 2. The highest BCUT2D eigenvalue weighted by Gasteiger charge is 2.44. The Labute approximate surface area is 178 Å². The molecule has 0 spiro atoms. The summed E-state index contributed by atoms with van der Waals surface area (Å²) in [6, 6.07) is 7.52. The molecular formula is C21H24N6O4. The molecule has 1 aliphatic carbocycles. The second-order valence-corrected chi connectivity index (χ2v) is 7.15. The van der Waals surface area contributed by atoms with Gasteiger partial charge in [-0.1, -0.05) is 23.8 Å². The molecule has 2 aromatic heterocycles. The number of hydrogen-bond donors (Lipinski definition) is 5. The first kappa shape index (κ1) is 22.1. The molecule has 0 aliphatic heterocycles. The Balaban J connectivity index is 0.000000207. The number of carbonyl (C=O) groups is 1. The van der Waals surface area contributed by atoms with Crippen LogP contribution in [0.3, 0.4) is 0 Å². The van der Waals surface area contributed by atoms with Gasteiger partial charge in [0.1, 0.15) is 23.4 Å². The van der Waals surface area contributed by atoms with Crippen molar-refractivity contribution in [2.45, 2.75) is 38.8 Å². The van der Waals surface area contributed by atoms with Gasteiger partial charge in [0, 0.05) is 12.5 Å². The van der Waals surface area contributed by atoms with Crippen LogP contribution in [0.4, 0.5) is 0 Å². The minimum absolute atomic E-state index is 0.111. The van der Waals surface area contributed by atoms with Gasteiger partial charge in [0.2, 0.25) is 5.89 Å². The van der Waals surface area contributed by atoms with E-state index in [4.69, 9.17) is 25.4 Å². The summed E-state index contributed by atoms with van der Waals surface area (Å²) in [5.74, 6) is 0.354. The largest absolute Gasteiger partial charge is 0.447 e. The maximum atomic E-state index is 12.0. The van der Waals surface area contributed by atoms with E-state index in [1.165, 1.54) is 6.26 Å². The zero-order valence-corrected chi connectivity index (χ0v) is 17.2. The summed E-state index contributed by atoms with van der Waals surface area (Å²) in [7, 11) is 0. The Bertz CT molecular complexity index is 1110. The van der Waals surface area contributed by atoms with Crippen LogP contribution in [0.1, 0.15) is 46.4 Å². The van der Waals surface area contributed by atoms with Gasteiger partial charge in [0.05, 0.1) is 12.8 Å². The van der Waals surface area contributed by atoms with E-state index >= 15 is 0 Å². The van der Waals surface area contributed by atoms with Crippen LogP contribution in [0.15, 0.2) is 39.4 Å². The van der Waals surface area contributed by atoms with Gasteiger partial charge >= 0.3 is 0 Å². The molecule has 1 aromatic carbocycles. The van der Waals surface area contributed by atoms with Crippen LogP contribution in [0.25, 0.3) is 11.3 Å². The van der Waals surface area contributed by atoms with Crippen molar-refractivity contribution in [1.82, 2.24) is 15.3 Å². The number of carbonyl (C=O) groups excluding carboxylic acids is 1. The van der Waals surface area contributed by atoms with Gasteiger partial charge in [0.15, 0.2) is 17.3 Å². The highest BCUT2D eigenvalue weighted by atomic mass is 16.4. The molecule has 0 atom stereocenters. The lowest BCUT2D eigenvalue weighted by atomic mass is 10.1.